The van der Waals surface area contributed by atoms with E-state index in [1.54, 1.807) is 0 Å². The molecule has 2 aromatic heterocycles. The minimum absolute atomic E-state index is 0.0437. The summed E-state index contributed by atoms with van der Waals surface area (Å²) >= 11 is 0. The maximum Gasteiger partial charge on any atom is 0.125 e. The van der Waals surface area contributed by atoms with Gasteiger partial charge in [-0.25, -0.2) is 8.78 Å². The van der Waals surface area contributed by atoms with Gasteiger partial charge in [0.25, 0.3) is 0 Å². The number of H-pyrrole nitrogens is 2. The second-order valence-corrected chi connectivity index (χ2v) is 5.04. The molecule has 0 spiro atoms. The number of hydrogen-bond acceptors (Lipinski definition) is 2. The fourth-order valence-electron chi connectivity index (χ4n) is 2.64. The Morgan fingerprint density at radius 3 is 1.50 bits per heavy atom. The van der Waals surface area contributed by atoms with E-state index in [1.165, 1.54) is 36.4 Å². The Morgan fingerprint density at radius 1 is 0.682 bits per heavy atom. The van der Waals surface area contributed by atoms with Crippen molar-refractivity contribution in [2.75, 3.05) is 0 Å². The summed E-state index contributed by atoms with van der Waals surface area (Å²) in [6.07, 6.45) is 0. The Bertz CT molecular complexity index is 950. The monoisotopic (exact) mass is 298 g/mol. The van der Waals surface area contributed by atoms with Crippen LogP contribution in [0.15, 0.2) is 36.4 Å². The summed E-state index contributed by atoms with van der Waals surface area (Å²) < 4.78 is 26.5. The SMILES string of the molecule is [O-]c1c(-c2[nH]c3cc(F)ccc3c2[O-])[nH]c2cc(F)ccc12. The largest absolute Gasteiger partial charge is 0.871 e. The van der Waals surface area contributed by atoms with Crippen molar-refractivity contribution >= 4 is 21.8 Å². The molecule has 6 heteroatoms. The van der Waals surface area contributed by atoms with E-state index in [1.807, 2.05) is 0 Å². The lowest BCUT2D eigenvalue weighted by molar-refractivity contribution is -0.268. The van der Waals surface area contributed by atoms with Crippen LogP contribution in [0, 0.1) is 11.6 Å². The lowest BCUT2D eigenvalue weighted by atomic mass is 10.2. The van der Waals surface area contributed by atoms with Crippen molar-refractivity contribution in [3.05, 3.63) is 48.0 Å². The van der Waals surface area contributed by atoms with Crippen LogP contribution in [0.1, 0.15) is 0 Å². The summed E-state index contributed by atoms with van der Waals surface area (Å²) in [5, 5.41) is 25.3. The van der Waals surface area contributed by atoms with Gasteiger partial charge in [0.1, 0.15) is 11.6 Å². The van der Waals surface area contributed by atoms with E-state index < -0.39 is 23.1 Å². The van der Waals surface area contributed by atoms with Crippen molar-refractivity contribution in [2.24, 2.45) is 0 Å². The van der Waals surface area contributed by atoms with Crippen molar-refractivity contribution < 1.29 is 19.0 Å². The second kappa shape index (κ2) is 4.24. The topological polar surface area (TPSA) is 77.7 Å². The van der Waals surface area contributed by atoms with E-state index in [0.29, 0.717) is 21.8 Å². The van der Waals surface area contributed by atoms with Crippen molar-refractivity contribution in [2.45, 2.75) is 0 Å². The van der Waals surface area contributed by atoms with Crippen LogP contribution in [0.2, 0.25) is 0 Å². The molecule has 0 aliphatic carbocycles. The third-order valence-electron chi connectivity index (χ3n) is 3.68. The van der Waals surface area contributed by atoms with E-state index >= 15 is 0 Å². The molecule has 22 heavy (non-hydrogen) atoms. The van der Waals surface area contributed by atoms with E-state index in [2.05, 4.69) is 9.97 Å². The lowest BCUT2D eigenvalue weighted by Crippen LogP contribution is -1.95. The van der Waals surface area contributed by atoms with Gasteiger partial charge in [0.2, 0.25) is 0 Å². The number of rotatable bonds is 1. The second-order valence-electron chi connectivity index (χ2n) is 5.04. The van der Waals surface area contributed by atoms with E-state index in [-0.39, 0.29) is 11.4 Å². The molecule has 0 saturated heterocycles. The Morgan fingerprint density at radius 2 is 1.09 bits per heavy atom. The van der Waals surface area contributed by atoms with Crippen molar-refractivity contribution in [1.82, 2.24) is 9.97 Å². The maximum absolute atomic E-state index is 13.2. The number of hydrogen-bond donors (Lipinski definition) is 2. The summed E-state index contributed by atoms with van der Waals surface area (Å²) in [4.78, 5) is 5.52. The van der Waals surface area contributed by atoms with Gasteiger partial charge in [-0.3, -0.25) is 0 Å². The molecule has 0 aliphatic heterocycles. The quantitative estimate of drug-likeness (QED) is 0.567. The van der Waals surface area contributed by atoms with Crippen LogP contribution < -0.4 is 10.2 Å². The summed E-state index contributed by atoms with van der Waals surface area (Å²) in [6, 6.07) is 7.46. The number of halogens is 2. The smallest absolute Gasteiger partial charge is 0.125 e. The van der Waals surface area contributed by atoms with Crippen LogP contribution in [-0.2, 0) is 0 Å². The highest BCUT2D eigenvalue weighted by molar-refractivity contribution is 5.99. The zero-order valence-corrected chi connectivity index (χ0v) is 11.0. The first-order valence-corrected chi connectivity index (χ1v) is 6.51. The predicted octanol–water partition coefficient (Wildman–Crippen LogP) is 2.74. The van der Waals surface area contributed by atoms with E-state index in [4.69, 9.17) is 0 Å². The summed E-state index contributed by atoms with van der Waals surface area (Å²) in [5.74, 6) is -1.78. The van der Waals surface area contributed by atoms with E-state index in [0.717, 1.165) is 0 Å². The van der Waals surface area contributed by atoms with Gasteiger partial charge in [-0.1, -0.05) is 23.6 Å². The Balaban J connectivity index is 2.02. The summed E-state index contributed by atoms with van der Waals surface area (Å²) in [6.45, 7) is 0. The van der Waals surface area contributed by atoms with Gasteiger partial charge >= 0.3 is 0 Å². The molecule has 4 aromatic rings. The van der Waals surface area contributed by atoms with Crippen LogP contribution >= 0.6 is 0 Å². The molecule has 0 amide bonds. The highest BCUT2D eigenvalue weighted by Crippen LogP contribution is 2.40. The molecule has 0 radical (unpaired) electrons. The minimum atomic E-state index is -0.485. The predicted molar refractivity (Wildman–Crippen MR) is 74.4 cm³/mol. The Labute approximate surface area is 122 Å². The molecule has 2 aromatic carbocycles. The third-order valence-corrected chi connectivity index (χ3v) is 3.68. The van der Waals surface area contributed by atoms with Gasteiger partial charge in [0.15, 0.2) is 0 Å². The Hall–Kier alpha value is -3.02. The molecule has 0 unspecified atom stereocenters. The van der Waals surface area contributed by atoms with Crippen LogP contribution in [0.5, 0.6) is 11.5 Å². The minimum Gasteiger partial charge on any atom is -0.871 e. The summed E-state index contributed by atoms with van der Waals surface area (Å²) in [7, 11) is 0. The molecular weight excluding hydrogens is 290 g/mol. The van der Waals surface area contributed by atoms with Gasteiger partial charge in [-0.2, -0.15) is 0 Å². The highest BCUT2D eigenvalue weighted by Gasteiger charge is 2.12. The maximum atomic E-state index is 13.2. The van der Waals surface area contributed by atoms with Gasteiger partial charge in [-0.15, -0.1) is 0 Å². The first-order chi connectivity index (χ1) is 10.5. The normalized spacial score (nSPS) is 11.5. The van der Waals surface area contributed by atoms with Crippen LogP contribution in [0.25, 0.3) is 33.2 Å². The average Bonchev–Trinajstić information content (AvgIpc) is 2.96. The lowest BCUT2D eigenvalue weighted by Gasteiger charge is -2.11. The first kappa shape index (κ1) is 12.7. The molecule has 0 bridgehead atoms. The number of aromatic nitrogens is 2. The van der Waals surface area contributed by atoms with Crippen LogP contribution in [0.4, 0.5) is 8.78 Å². The summed E-state index contributed by atoms with van der Waals surface area (Å²) in [5.41, 5.74) is 0.706. The number of nitrogens with one attached hydrogen (secondary N) is 2. The molecule has 0 fully saturated rings. The van der Waals surface area contributed by atoms with Gasteiger partial charge in [0, 0.05) is 11.0 Å². The highest BCUT2D eigenvalue weighted by atomic mass is 19.1. The first-order valence-electron chi connectivity index (χ1n) is 6.51. The molecule has 2 heterocycles. The van der Waals surface area contributed by atoms with Gasteiger partial charge in [-0.05, 0) is 35.0 Å². The van der Waals surface area contributed by atoms with Crippen molar-refractivity contribution in [3.8, 4) is 22.9 Å². The molecule has 4 rings (SSSR count). The molecule has 2 N–H and O–H groups in total. The molecular formula is C16H8F2N2O2-2. The van der Waals surface area contributed by atoms with Gasteiger partial charge < -0.3 is 20.2 Å². The van der Waals surface area contributed by atoms with Gasteiger partial charge in [0.05, 0.1) is 11.4 Å². The number of aromatic amines is 2. The number of fused-ring (bicyclic) bond motifs is 2. The Kier molecular flexibility index (Phi) is 2.45. The zero-order valence-electron chi connectivity index (χ0n) is 11.0. The fourth-order valence-corrected chi connectivity index (χ4v) is 2.64. The van der Waals surface area contributed by atoms with Crippen molar-refractivity contribution in [3.63, 3.8) is 0 Å². The zero-order chi connectivity index (χ0) is 15.4. The van der Waals surface area contributed by atoms with Crippen LogP contribution in [0.3, 0.4) is 0 Å². The molecule has 0 atom stereocenters. The molecule has 4 nitrogen and oxygen atoms in total. The van der Waals surface area contributed by atoms with Crippen molar-refractivity contribution in [1.29, 1.82) is 0 Å². The fraction of sp³-hybridized carbons (Fsp3) is 0. The standard InChI is InChI=1S/C16H10F2N2O2/c17-7-1-3-9-11(5-7)19-13(15(9)21)14-16(22)10-4-2-8(18)6-12(10)20-14/h1-6,19-22H/p-2. The molecule has 0 saturated carbocycles. The van der Waals surface area contributed by atoms with Crippen LogP contribution in [-0.4, -0.2) is 9.97 Å². The third kappa shape index (κ3) is 1.67. The molecule has 0 aliphatic rings. The number of benzene rings is 2. The van der Waals surface area contributed by atoms with E-state index in [9.17, 15) is 19.0 Å². The molecule has 110 valence electrons. The average molecular weight is 298 g/mol.